The van der Waals surface area contributed by atoms with Crippen molar-refractivity contribution in [3.8, 4) is 0 Å². The second-order valence-electron chi connectivity index (χ2n) is 5.60. The minimum atomic E-state index is 0.334. The first-order valence-corrected chi connectivity index (χ1v) is 7.03. The summed E-state index contributed by atoms with van der Waals surface area (Å²) in [5.74, 6) is 2.14. The van der Waals surface area contributed by atoms with Crippen molar-refractivity contribution >= 4 is 5.96 Å². The molecule has 0 aromatic carbocycles. The molecule has 1 atom stereocenters. The van der Waals surface area contributed by atoms with Gasteiger partial charge >= 0.3 is 0 Å². The SMILES string of the molecule is CN=C(NCc1noc(C)n1)N1CCC2(CCOC2)C1. The molecule has 0 bridgehead atoms. The quantitative estimate of drug-likeness (QED) is 0.630. The lowest BCUT2D eigenvalue weighted by Gasteiger charge is -2.24. The van der Waals surface area contributed by atoms with Crippen molar-refractivity contribution in [1.82, 2.24) is 20.4 Å². The van der Waals surface area contributed by atoms with E-state index in [0.29, 0.717) is 23.7 Å². The van der Waals surface area contributed by atoms with E-state index in [4.69, 9.17) is 9.26 Å². The minimum absolute atomic E-state index is 0.334. The fraction of sp³-hybridized carbons (Fsp3) is 0.769. The zero-order chi connectivity index (χ0) is 14.0. The van der Waals surface area contributed by atoms with Gasteiger partial charge in [-0.25, -0.2) is 0 Å². The molecule has 1 aromatic rings. The summed E-state index contributed by atoms with van der Waals surface area (Å²) in [6, 6.07) is 0. The van der Waals surface area contributed by atoms with Gasteiger partial charge in [-0.1, -0.05) is 5.16 Å². The molecule has 0 saturated carbocycles. The van der Waals surface area contributed by atoms with Crippen LogP contribution in [0.1, 0.15) is 24.6 Å². The Labute approximate surface area is 118 Å². The summed E-state index contributed by atoms with van der Waals surface area (Å²) in [6.45, 7) is 6.12. The Morgan fingerprint density at radius 1 is 1.50 bits per heavy atom. The van der Waals surface area contributed by atoms with E-state index in [1.54, 1.807) is 14.0 Å². The number of hydrogen-bond donors (Lipinski definition) is 1. The molecule has 2 aliphatic heterocycles. The van der Waals surface area contributed by atoms with Crippen LogP contribution in [-0.2, 0) is 11.3 Å². The molecule has 2 fully saturated rings. The summed E-state index contributed by atoms with van der Waals surface area (Å²) in [6.07, 6.45) is 2.33. The fourth-order valence-corrected chi connectivity index (χ4v) is 2.99. The molecule has 1 aromatic heterocycles. The number of aromatic nitrogens is 2. The zero-order valence-corrected chi connectivity index (χ0v) is 12.1. The average molecular weight is 279 g/mol. The topological polar surface area (TPSA) is 75.8 Å². The molecule has 1 N–H and O–H groups in total. The molecule has 7 heteroatoms. The van der Waals surface area contributed by atoms with Crippen molar-refractivity contribution in [2.45, 2.75) is 26.3 Å². The van der Waals surface area contributed by atoms with Gasteiger partial charge in [0.25, 0.3) is 0 Å². The van der Waals surface area contributed by atoms with E-state index in [9.17, 15) is 0 Å². The summed E-state index contributed by atoms with van der Waals surface area (Å²) in [5.41, 5.74) is 0.334. The third-order valence-corrected chi connectivity index (χ3v) is 4.11. The van der Waals surface area contributed by atoms with Crippen LogP contribution in [0.15, 0.2) is 9.52 Å². The van der Waals surface area contributed by atoms with E-state index in [2.05, 4.69) is 25.3 Å². The van der Waals surface area contributed by atoms with Gasteiger partial charge in [-0.05, 0) is 12.8 Å². The van der Waals surface area contributed by atoms with Gasteiger partial charge in [-0.15, -0.1) is 0 Å². The molecule has 1 spiro atoms. The number of likely N-dealkylation sites (tertiary alicyclic amines) is 1. The van der Waals surface area contributed by atoms with Crippen molar-refractivity contribution in [2.75, 3.05) is 33.4 Å². The number of rotatable bonds is 2. The second kappa shape index (κ2) is 5.40. The fourth-order valence-electron chi connectivity index (χ4n) is 2.99. The van der Waals surface area contributed by atoms with Crippen LogP contribution in [0.5, 0.6) is 0 Å². The lowest BCUT2D eigenvalue weighted by atomic mass is 9.87. The maximum Gasteiger partial charge on any atom is 0.223 e. The number of aryl methyl sites for hydroxylation is 1. The Hall–Kier alpha value is -1.63. The first kappa shape index (κ1) is 13.4. The Morgan fingerprint density at radius 3 is 3.05 bits per heavy atom. The van der Waals surface area contributed by atoms with Crippen LogP contribution < -0.4 is 5.32 Å². The Kier molecular flexibility index (Phi) is 3.60. The van der Waals surface area contributed by atoms with Crippen molar-refractivity contribution in [3.05, 3.63) is 11.7 Å². The predicted molar refractivity (Wildman–Crippen MR) is 73.3 cm³/mol. The zero-order valence-electron chi connectivity index (χ0n) is 12.1. The molecule has 0 radical (unpaired) electrons. The molecule has 0 aliphatic carbocycles. The molecule has 7 nitrogen and oxygen atoms in total. The van der Waals surface area contributed by atoms with Gasteiger partial charge in [0.05, 0.1) is 13.2 Å². The number of hydrogen-bond acceptors (Lipinski definition) is 5. The molecule has 110 valence electrons. The van der Waals surface area contributed by atoms with Gasteiger partial charge in [0.15, 0.2) is 11.8 Å². The van der Waals surface area contributed by atoms with Crippen molar-refractivity contribution in [1.29, 1.82) is 0 Å². The monoisotopic (exact) mass is 279 g/mol. The highest BCUT2D eigenvalue weighted by Crippen LogP contribution is 2.38. The van der Waals surface area contributed by atoms with Crippen molar-refractivity contribution < 1.29 is 9.26 Å². The summed E-state index contributed by atoms with van der Waals surface area (Å²) in [5, 5.41) is 7.17. The number of aliphatic imine (C=N–C) groups is 1. The van der Waals surface area contributed by atoms with Crippen LogP contribution in [-0.4, -0.2) is 54.4 Å². The average Bonchev–Trinajstić information content (AvgIpc) is 3.15. The smallest absolute Gasteiger partial charge is 0.223 e. The van der Waals surface area contributed by atoms with Crippen molar-refractivity contribution in [3.63, 3.8) is 0 Å². The summed E-state index contributed by atoms with van der Waals surface area (Å²) < 4.78 is 10.5. The minimum Gasteiger partial charge on any atom is -0.381 e. The molecule has 2 aliphatic rings. The maximum atomic E-state index is 5.56. The van der Waals surface area contributed by atoms with Crippen LogP contribution >= 0.6 is 0 Å². The molecular formula is C13H21N5O2. The highest BCUT2D eigenvalue weighted by Gasteiger charge is 2.42. The lowest BCUT2D eigenvalue weighted by Crippen LogP contribution is -2.41. The maximum absolute atomic E-state index is 5.56. The largest absolute Gasteiger partial charge is 0.381 e. The summed E-state index contributed by atoms with van der Waals surface area (Å²) in [7, 11) is 1.81. The van der Waals surface area contributed by atoms with Gasteiger partial charge in [-0.2, -0.15) is 4.98 Å². The van der Waals surface area contributed by atoms with Gasteiger partial charge in [-0.3, -0.25) is 4.99 Å². The molecular weight excluding hydrogens is 258 g/mol. The van der Waals surface area contributed by atoms with Crippen LogP contribution in [0.3, 0.4) is 0 Å². The van der Waals surface area contributed by atoms with E-state index in [1.165, 1.54) is 6.42 Å². The van der Waals surface area contributed by atoms with E-state index in [1.807, 2.05) is 0 Å². The van der Waals surface area contributed by atoms with Crippen LogP contribution in [0.25, 0.3) is 0 Å². The first-order chi connectivity index (χ1) is 9.71. The normalized spacial score (nSPS) is 26.7. The standard InChI is InChI=1S/C13H21N5O2/c1-10-16-11(17-20-10)7-15-12(14-2)18-5-3-13(8-18)4-6-19-9-13/h3-9H2,1-2H3,(H,14,15). The Morgan fingerprint density at radius 2 is 2.40 bits per heavy atom. The number of guanidine groups is 1. The van der Waals surface area contributed by atoms with Crippen LogP contribution in [0, 0.1) is 12.3 Å². The Balaban J connectivity index is 1.57. The summed E-state index contributed by atoms with van der Waals surface area (Å²) in [4.78, 5) is 10.8. The van der Waals surface area contributed by atoms with E-state index < -0.39 is 0 Å². The number of nitrogens with zero attached hydrogens (tertiary/aromatic N) is 4. The van der Waals surface area contributed by atoms with Gasteiger partial charge in [0.1, 0.15) is 0 Å². The lowest BCUT2D eigenvalue weighted by molar-refractivity contribution is 0.156. The molecule has 20 heavy (non-hydrogen) atoms. The summed E-state index contributed by atoms with van der Waals surface area (Å²) >= 11 is 0. The third-order valence-electron chi connectivity index (χ3n) is 4.11. The van der Waals surface area contributed by atoms with E-state index in [0.717, 1.165) is 38.7 Å². The highest BCUT2D eigenvalue weighted by molar-refractivity contribution is 5.80. The second-order valence-corrected chi connectivity index (χ2v) is 5.60. The van der Waals surface area contributed by atoms with E-state index in [-0.39, 0.29) is 0 Å². The van der Waals surface area contributed by atoms with Gasteiger partial charge in [0.2, 0.25) is 5.89 Å². The third kappa shape index (κ3) is 2.63. The number of ether oxygens (including phenoxy) is 1. The van der Waals surface area contributed by atoms with Gasteiger partial charge in [0, 0.05) is 39.1 Å². The molecule has 3 heterocycles. The van der Waals surface area contributed by atoms with Gasteiger partial charge < -0.3 is 19.5 Å². The van der Waals surface area contributed by atoms with Crippen molar-refractivity contribution in [2.24, 2.45) is 10.4 Å². The molecule has 3 rings (SSSR count). The highest BCUT2D eigenvalue weighted by atomic mass is 16.5. The van der Waals surface area contributed by atoms with E-state index >= 15 is 0 Å². The first-order valence-electron chi connectivity index (χ1n) is 7.03. The predicted octanol–water partition coefficient (Wildman–Crippen LogP) is 0.566. The van der Waals surface area contributed by atoms with Crippen LogP contribution in [0.2, 0.25) is 0 Å². The number of nitrogens with one attached hydrogen (secondary N) is 1. The molecule has 1 unspecified atom stereocenters. The Bertz CT molecular complexity index is 493. The van der Waals surface area contributed by atoms with Crippen LogP contribution in [0.4, 0.5) is 0 Å². The molecule has 2 saturated heterocycles. The molecule has 0 amide bonds.